The highest BCUT2D eigenvalue weighted by atomic mass is 32.1. The van der Waals surface area contributed by atoms with Gasteiger partial charge in [0.25, 0.3) is 0 Å². The van der Waals surface area contributed by atoms with Gasteiger partial charge in [0.05, 0.1) is 29.8 Å². The zero-order valence-corrected chi connectivity index (χ0v) is 15.8. The smallest absolute Gasteiger partial charge is 0.339 e. The molecule has 2 atom stereocenters. The normalized spacial score (nSPS) is 23.7. The molecule has 0 aliphatic carbocycles. The molecule has 0 aromatic carbocycles. The van der Waals surface area contributed by atoms with Crippen molar-refractivity contribution in [1.29, 1.82) is 0 Å². The van der Waals surface area contributed by atoms with Crippen molar-refractivity contribution in [3.05, 3.63) is 34.7 Å². The van der Waals surface area contributed by atoms with Crippen LogP contribution in [0.3, 0.4) is 0 Å². The van der Waals surface area contributed by atoms with Crippen molar-refractivity contribution in [2.45, 2.75) is 13.0 Å². The number of fused-ring (bicyclic) bond motifs is 3. The molecule has 1 N–H and O–H groups in total. The van der Waals surface area contributed by atoms with Gasteiger partial charge in [-0.2, -0.15) is 0 Å². The third-order valence-corrected chi connectivity index (χ3v) is 6.16. The molecule has 2 bridgehead atoms. The van der Waals surface area contributed by atoms with Crippen LogP contribution in [0.2, 0.25) is 0 Å². The summed E-state index contributed by atoms with van der Waals surface area (Å²) < 4.78 is 5.79. The number of thiophene rings is 1. The highest BCUT2D eigenvalue weighted by molar-refractivity contribution is 7.15. The minimum Gasteiger partial charge on any atom is -0.478 e. The molecule has 2 saturated heterocycles. The molecular weight excluding hydrogens is 350 g/mol. The second-order valence-corrected chi connectivity index (χ2v) is 8.47. The van der Waals surface area contributed by atoms with E-state index in [1.165, 1.54) is 4.88 Å². The van der Waals surface area contributed by atoms with Crippen molar-refractivity contribution < 1.29 is 14.6 Å². The lowest BCUT2D eigenvalue weighted by Gasteiger charge is -2.31. The summed E-state index contributed by atoms with van der Waals surface area (Å²) in [7, 11) is 2.12. The van der Waals surface area contributed by atoms with E-state index in [2.05, 4.69) is 29.8 Å². The van der Waals surface area contributed by atoms with Crippen molar-refractivity contribution in [2.75, 3.05) is 44.8 Å². The zero-order chi connectivity index (χ0) is 18.3. The Balaban J connectivity index is 1.75. The molecule has 4 rings (SSSR count). The summed E-state index contributed by atoms with van der Waals surface area (Å²) in [6.45, 7) is 5.91. The SMILES string of the molecule is Cc1ccc(-c2ccc(C(=O)O)c(N3C[C@@H]4COC[C@H](C3)N(C)C4)n2)s1. The second-order valence-electron chi connectivity index (χ2n) is 7.18. The van der Waals surface area contributed by atoms with Crippen molar-refractivity contribution in [3.63, 3.8) is 0 Å². The lowest BCUT2D eigenvalue weighted by molar-refractivity contribution is 0.0696. The van der Waals surface area contributed by atoms with Crippen LogP contribution >= 0.6 is 11.3 Å². The number of hydrogen-bond donors (Lipinski definition) is 1. The number of aryl methyl sites for hydroxylation is 1. The third-order valence-electron chi connectivity index (χ3n) is 5.14. The molecule has 0 spiro atoms. The number of aromatic nitrogens is 1. The summed E-state index contributed by atoms with van der Waals surface area (Å²) in [4.78, 5) is 23.4. The fourth-order valence-electron chi connectivity index (χ4n) is 3.79. The van der Waals surface area contributed by atoms with Gasteiger partial charge in [0.2, 0.25) is 0 Å². The van der Waals surface area contributed by atoms with Crippen LogP contribution < -0.4 is 4.90 Å². The molecule has 26 heavy (non-hydrogen) atoms. The summed E-state index contributed by atoms with van der Waals surface area (Å²) in [6.07, 6.45) is 0. The van der Waals surface area contributed by atoms with Gasteiger partial charge in [-0.15, -0.1) is 11.3 Å². The van der Waals surface area contributed by atoms with Crippen LogP contribution in [0.5, 0.6) is 0 Å². The van der Waals surface area contributed by atoms with E-state index in [0.29, 0.717) is 24.9 Å². The first-order valence-electron chi connectivity index (χ1n) is 8.85. The number of rotatable bonds is 3. The molecule has 0 radical (unpaired) electrons. The van der Waals surface area contributed by atoms with E-state index in [4.69, 9.17) is 9.72 Å². The van der Waals surface area contributed by atoms with E-state index < -0.39 is 5.97 Å². The Kier molecular flexibility index (Phi) is 4.69. The summed E-state index contributed by atoms with van der Waals surface area (Å²) in [5.41, 5.74) is 1.10. The molecule has 4 heterocycles. The summed E-state index contributed by atoms with van der Waals surface area (Å²) >= 11 is 1.68. The Morgan fingerprint density at radius 3 is 2.81 bits per heavy atom. The maximum Gasteiger partial charge on any atom is 0.339 e. The monoisotopic (exact) mass is 373 g/mol. The third kappa shape index (κ3) is 3.34. The van der Waals surface area contributed by atoms with Gasteiger partial charge in [-0.3, -0.25) is 4.90 Å². The largest absolute Gasteiger partial charge is 0.478 e. The summed E-state index contributed by atoms with van der Waals surface area (Å²) in [6, 6.07) is 7.86. The van der Waals surface area contributed by atoms with Crippen LogP contribution in [0.25, 0.3) is 10.6 Å². The lowest BCUT2D eigenvalue weighted by Crippen LogP contribution is -2.43. The number of aromatic carboxylic acids is 1. The van der Waals surface area contributed by atoms with Gasteiger partial charge in [-0.25, -0.2) is 9.78 Å². The minimum atomic E-state index is -0.930. The van der Waals surface area contributed by atoms with E-state index >= 15 is 0 Å². The molecule has 2 fully saturated rings. The highest BCUT2D eigenvalue weighted by Crippen LogP contribution is 2.31. The molecule has 0 amide bonds. The number of carboxylic acid groups (broad SMARTS) is 1. The molecular formula is C19H23N3O3S. The Morgan fingerprint density at radius 1 is 1.23 bits per heavy atom. The van der Waals surface area contributed by atoms with Crippen LogP contribution in [0.1, 0.15) is 15.2 Å². The molecule has 6 nitrogen and oxygen atoms in total. The molecule has 7 heteroatoms. The summed E-state index contributed by atoms with van der Waals surface area (Å²) in [5, 5.41) is 9.69. The quantitative estimate of drug-likeness (QED) is 0.892. The molecule has 2 aromatic heterocycles. The number of likely N-dealkylation sites (N-methyl/N-ethyl adjacent to an activating group) is 1. The fraction of sp³-hybridized carbons (Fsp3) is 0.474. The highest BCUT2D eigenvalue weighted by Gasteiger charge is 2.33. The Bertz CT molecular complexity index is 822. The maximum atomic E-state index is 11.8. The van der Waals surface area contributed by atoms with Gasteiger partial charge in [0.15, 0.2) is 0 Å². The number of ether oxygens (including phenoxy) is 1. The Hall–Kier alpha value is -1.96. The van der Waals surface area contributed by atoms with Crippen molar-refractivity contribution in [3.8, 4) is 10.6 Å². The number of nitrogens with zero attached hydrogens (tertiary/aromatic N) is 3. The molecule has 0 saturated carbocycles. The van der Waals surface area contributed by atoms with E-state index in [-0.39, 0.29) is 11.6 Å². The fourth-order valence-corrected chi connectivity index (χ4v) is 4.63. The molecule has 2 aliphatic heterocycles. The molecule has 138 valence electrons. The lowest BCUT2D eigenvalue weighted by atomic mass is 10.1. The predicted molar refractivity (Wildman–Crippen MR) is 102 cm³/mol. The van der Waals surface area contributed by atoms with Crippen molar-refractivity contribution in [2.24, 2.45) is 5.92 Å². The van der Waals surface area contributed by atoms with Gasteiger partial charge in [0, 0.05) is 30.4 Å². The van der Waals surface area contributed by atoms with Crippen LogP contribution in [0.15, 0.2) is 24.3 Å². The standard InChI is InChI=1S/C19H23N3O3S/c1-12-3-6-17(26-12)16-5-4-15(19(23)24)18(20-16)22-8-13-7-21(2)14(9-22)11-25-10-13/h3-6,13-14H,7-11H2,1-2H3,(H,23,24)/t13-,14+/m1/s1. The van der Waals surface area contributed by atoms with Crippen molar-refractivity contribution in [1.82, 2.24) is 9.88 Å². The Labute approximate surface area is 157 Å². The number of carboxylic acids is 1. The van der Waals surface area contributed by atoms with Gasteiger partial charge < -0.3 is 14.7 Å². The van der Waals surface area contributed by atoms with Crippen LogP contribution in [0.4, 0.5) is 5.82 Å². The first-order valence-corrected chi connectivity index (χ1v) is 9.67. The van der Waals surface area contributed by atoms with E-state index in [9.17, 15) is 9.90 Å². The minimum absolute atomic E-state index is 0.249. The van der Waals surface area contributed by atoms with E-state index in [1.807, 2.05) is 12.1 Å². The average molecular weight is 373 g/mol. The van der Waals surface area contributed by atoms with Crippen LogP contribution in [-0.2, 0) is 4.74 Å². The first-order chi connectivity index (χ1) is 12.5. The first kappa shape index (κ1) is 17.5. The predicted octanol–water partition coefficient (Wildman–Crippen LogP) is 2.58. The van der Waals surface area contributed by atoms with Gasteiger partial charge in [0.1, 0.15) is 11.4 Å². The molecule has 2 aromatic rings. The number of pyridine rings is 1. The van der Waals surface area contributed by atoms with Gasteiger partial charge >= 0.3 is 5.97 Å². The average Bonchev–Trinajstić information content (AvgIpc) is 2.86. The number of hydrogen-bond acceptors (Lipinski definition) is 6. The van der Waals surface area contributed by atoms with Gasteiger partial charge in [-0.05, 0) is 38.2 Å². The van der Waals surface area contributed by atoms with Crippen LogP contribution in [-0.4, -0.2) is 66.9 Å². The molecule has 0 unspecified atom stereocenters. The molecule has 2 aliphatic rings. The number of carbonyl (C=O) groups is 1. The van der Waals surface area contributed by atoms with Crippen LogP contribution in [0, 0.1) is 12.8 Å². The summed E-state index contributed by atoms with van der Waals surface area (Å²) in [5.74, 6) is -0.00254. The topological polar surface area (TPSA) is 65.9 Å². The second kappa shape index (κ2) is 6.98. The zero-order valence-electron chi connectivity index (χ0n) is 15.0. The van der Waals surface area contributed by atoms with Gasteiger partial charge in [-0.1, -0.05) is 0 Å². The maximum absolute atomic E-state index is 11.8. The van der Waals surface area contributed by atoms with Crippen molar-refractivity contribution >= 4 is 23.1 Å². The van der Waals surface area contributed by atoms with E-state index in [0.717, 1.165) is 30.2 Å². The Morgan fingerprint density at radius 2 is 2.08 bits per heavy atom. The number of anilines is 1. The van der Waals surface area contributed by atoms with E-state index in [1.54, 1.807) is 17.4 Å².